The maximum atomic E-state index is 9.48. The molecular formula is C16H17ClN6O. The van der Waals surface area contributed by atoms with Crippen LogP contribution in [0.25, 0.3) is 17.1 Å². The van der Waals surface area contributed by atoms with Crippen molar-refractivity contribution in [2.75, 3.05) is 18.4 Å². The standard InChI is InChI=1S/C16H16N6O.ClH/c17-9-12-15(13-4-2-8-23-13)21-22-7-5-14(20-16(12)22)19-10-11-3-1-6-18-11;/h2,4-5,7-8,11,18H,1,3,6,10H2,(H,19,20);1H/t11-;/m1./s1. The number of rotatable bonds is 4. The Bertz CT molecular complexity index is 861. The SMILES string of the molecule is Cl.N#Cc1c(-c2ccco2)nn2ccc(NC[C@H]3CCCN3)nc12. The molecule has 0 radical (unpaired) electrons. The summed E-state index contributed by atoms with van der Waals surface area (Å²) in [4.78, 5) is 4.53. The first-order valence-electron chi connectivity index (χ1n) is 7.66. The molecule has 1 fully saturated rings. The molecule has 24 heavy (non-hydrogen) atoms. The molecule has 1 aliphatic rings. The van der Waals surface area contributed by atoms with Gasteiger partial charge in [-0.25, -0.2) is 9.50 Å². The van der Waals surface area contributed by atoms with Crippen LogP contribution in [0.2, 0.25) is 0 Å². The molecule has 0 amide bonds. The van der Waals surface area contributed by atoms with E-state index >= 15 is 0 Å². The van der Waals surface area contributed by atoms with Crippen LogP contribution in [-0.2, 0) is 0 Å². The fraction of sp³-hybridized carbons (Fsp3) is 0.312. The molecule has 0 bridgehead atoms. The van der Waals surface area contributed by atoms with E-state index < -0.39 is 0 Å². The van der Waals surface area contributed by atoms with Crippen molar-refractivity contribution in [1.29, 1.82) is 5.26 Å². The lowest BCUT2D eigenvalue weighted by atomic mass is 10.2. The summed E-state index contributed by atoms with van der Waals surface area (Å²) in [5.74, 6) is 1.31. The van der Waals surface area contributed by atoms with Gasteiger partial charge in [-0.05, 0) is 37.6 Å². The van der Waals surface area contributed by atoms with Crippen LogP contribution in [0.15, 0.2) is 35.1 Å². The van der Waals surface area contributed by atoms with Crippen molar-refractivity contribution in [3.05, 3.63) is 36.2 Å². The first-order valence-corrected chi connectivity index (χ1v) is 7.66. The number of aromatic nitrogens is 3. The molecule has 0 saturated carbocycles. The second kappa shape index (κ2) is 6.91. The van der Waals surface area contributed by atoms with Crippen LogP contribution in [0.4, 0.5) is 5.82 Å². The number of anilines is 1. The van der Waals surface area contributed by atoms with E-state index in [2.05, 4.69) is 26.8 Å². The Kier molecular flexibility index (Phi) is 4.69. The van der Waals surface area contributed by atoms with Crippen molar-refractivity contribution in [3.8, 4) is 17.5 Å². The van der Waals surface area contributed by atoms with E-state index in [0.29, 0.717) is 28.7 Å². The molecular weight excluding hydrogens is 328 g/mol. The van der Waals surface area contributed by atoms with Crippen LogP contribution < -0.4 is 10.6 Å². The Morgan fingerprint density at radius 3 is 3.08 bits per heavy atom. The minimum atomic E-state index is 0. The highest BCUT2D eigenvalue weighted by Gasteiger charge is 2.18. The van der Waals surface area contributed by atoms with Gasteiger partial charge in [0.15, 0.2) is 11.4 Å². The fourth-order valence-corrected chi connectivity index (χ4v) is 2.88. The van der Waals surface area contributed by atoms with E-state index in [0.717, 1.165) is 18.9 Å². The Morgan fingerprint density at radius 2 is 2.38 bits per heavy atom. The zero-order chi connectivity index (χ0) is 15.6. The maximum Gasteiger partial charge on any atom is 0.175 e. The summed E-state index contributed by atoms with van der Waals surface area (Å²) >= 11 is 0. The lowest BCUT2D eigenvalue weighted by Gasteiger charge is -2.11. The van der Waals surface area contributed by atoms with Crippen molar-refractivity contribution >= 4 is 23.9 Å². The van der Waals surface area contributed by atoms with Crippen molar-refractivity contribution in [2.24, 2.45) is 0 Å². The third-order valence-corrected chi connectivity index (χ3v) is 4.04. The van der Waals surface area contributed by atoms with Crippen molar-refractivity contribution in [1.82, 2.24) is 19.9 Å². The smallest absolute Gasteiger partial charge is 0.175 e. The number of halogens is 1. The Labute approximate surface area is 145 Å². The molecule has 0 aromatic carbocycles. The van der Waals surface area contributed by atoms with Gasteiger partial charge in [-0.15, -0.1) is 12.4 Å². The highest BCUT2D eigenvalue weighted by Crippen LogP contribution is 2.25. The van der Waals surface area contributed by atoms with E-state index in [1.807, 2.05) is 6.07 Å². The molecule has 0 unspecified atom stereocenters. The van der Waals surface area contributed by atoms with Gasteiger partial charge < -0.3 is 15.1 Å². The summed E-state index contributed by atoms with van der Waals surface area (Å²) in [6.45, 7) is 1.90. The van der Waals surface area contributed by atoms with Gasteiger partial charge in [0.05, 0.1) is 6.26 Å². The Hall–Kier alpha value is -2.56. The summed E-state index contributed by atoms with van der Waals surface area (Å²) in [6.07, 6.45) is 5.76. The van der Waals surface area contributed by atoms with E-state index in [1.165, 1.54) is 12.8 Å². The van der Waals surface area contributed by atoms with Crippen molar-refractivity contribution < 1.29 is 4.42 Å². The minimum absolute atomic E-state index is 0. The number of hydrogen-bond donors (Lipinski definition) is 2. The van der Waals surface area contributed by atoms with Crippen LogP contribution in [0.1, 0.15) is 18.4 Å². The average molecular weight is 345 g/mol. The molecule has 1 aliphatic heterocycles. The van der Waals surface area contributed by atoms with Crippen LogP contribution in [0, 0.1) is 11.3 Å². The van der Waals surface area contributed by atoms with Gasteiger partial charge in [0.25, 0.3) is 0 Å². The molecule has 124 valence electrons. The highest BCUT2D eigenvalue weighted by molar-refractivity contribution is 5.85. The van der Waals surface area contributed by atoms with Gasteiger partial charge in [-0.1, -0.05) is 0 Å². The molecule has 3 aromatic heterocycles. The molecule has 7 nitrogen and oxygen atoms in total. The number of furan rings is 1. The molecule has 0 spiro atoms. The van der Waals surface area contributed by atoms with Gasteiger partial charge in [0, 0.05) is 18.8 Å². The third-order valence-electron chi connectivity index (χ3n) is 4.04. The van der Waals surface area contributed by atoms with E-state index in [1.54, 1.807) is 29.1 Å². The summed E-state index contributed by atoms with van der Waals surface area (Å²) in [5.41, 5.74) is 1.46. The van der Waals surface area contributed by atoms with Gasteiger partial charge >= 0.3 is 0 Å². The molecule has 2 N–H and O–H groups in total. The Balaban J connectivity index is 0.00000169. The number of nitrogens with one attached hydrogen (secondary N) is 2. The number of hydrogen-bond acceptors (Lipinski definition) is 6. The summed E-state index contributed by atoms with van der Waals surface area (Å²) in [7, 11) is 0. The molecule has 1 saturated heterocycles. The van der Waals surface area contributed by atoms with Crippen LogP contribution in [-0.4, -0.2) is 33.7 Å². The van der Waals surface area contributed by atoms with Gasteiger partial charge in [0.2, 0.25) is 0 Å². The monoisotopic (exact) mass is 344 g/mol. The van der Waals surface area contributed by atoms with Crippen LogP contribution in [0.3, 0.4) is 0 Å². The second-order valence-corrected chi connectivity index (χ2v) is 5.57. The van der Waals surface area contributed by atoms with Crippen LogP contribution >= 0.6 is 12.4 Å². The average Bonchev–Trinajstić information content (AvgIpc) is 3.31. The lowest BCUT2D eigenvalue weighted by Crippen LogP contribution is -2.29. The molecule has 4 rings (SSSR count). The number of nitrogens with zero attached hydrogens (tertiary/aromatic N) is 4. The van der Waals surface area contributed by atoms with Crippen molar-refractivity contribution in [2.45, 2.75) is 18.9 Å². The topological polar surface area (TPSA) is 91.2 Å². The largest absolute Gasteiger partial charge is 0.463 e. The molecule has 8 heteroatoms. The van der Waals surface area contributed by atoms with Gasteiger partial charge in [-0.2, -0.15) is 10.4 Å². The third kappa shape index (κ3) is 2.94. The first kappa shape index (κ1) is 16.3. The van der Waals surface area contributed by atoms with E-state index in [9.17, 15) is 5.26 Å². The molecule has 0 aliphatic carbocycles. The first-order chi connectivity index (χ1) is 11.3. The predicted octanol–water partition coefficient (Wildman–Crippen LogP) is 2.45. The summed E-state index contributed by atoms with van der Waals surface area (Å²) in [6, 6.07) is 8.09. The van der Waals surface area contributed by atoms with Crippen molar-refractivity contribution in [3.63, 3.8) is 0 Å². The predicted molar refractivity (Wildman–Crippen MR) is 92.2 cm³/mol. The Morgan fingerprint density at radius 1 is 1.46 bits per heavy atom. The fourth-order valence-electron chi connectivity index (χ4n) is 2.88. The number of nitriles is 1. The summed E-state index contributed by atoms with van der Waals surface area (Å²) < 4.78 is 6.96. The molecule has 4 heterocycles. The van der Waals surface area contributed by atoms with Crippen LogP contribution in [0.5, 0.6) is 0 Å². The lowest BCUT2D eigenvalue weighted by molar-refractivity contribution is 0.579. The minimum Gasteiger partial charge on any atom is -0.463 e. The van der Waals surface area contributed by atoms with E-state index in [4.69, 9.17) is 4.42 Å². The normalized spacial score (nSPS) is 16.7. The van der Waals surface area contributed by atoms with Gasteiger partial charge in [0.1, 0.15) is 23.1 Å². The highest BCUT2D eigenvalue weighted by atomic mass is 35.5. The summed E-state index contributed by atoms with van der Waals surface area (Å²) in [5, 5.41) is 20.6. The number of fused-ring (bicyclic) bond motifs is 1. The molecule has 1 atom stereocenters. The quantitative estimate of drug-likeness (QED) is 0.755. The van der Waals surface area contributed by atoms with E-state index in [-0.39, 0.29) is 12.4 Å². The zero-order valence-electron chi connectivity index (χ0n) is 12.9. The zero-order valence-corrected chi connectivity index (χ0v) is 13.7. The maximum absolute atomic E-state index is 9.48. The van der Waals surface area contributed by atoms with Gasteiger partial charge in [-0.3, -0.25) is 0 Å². The second-order valence-electron chi connectivity index (χ2n) is 5.57. The molecule has 3 aromatic rings.